The van der Waals surface area contributed by atoms with Crippen molar-refractivity contribution in [3.63, 3.8) is 0 Å². The smallest absolute Gasteiger partial charge is 0.118 e. The number of rotatable bonds is 4. The van der Waals surface area contributed by atoms with Gasteiger partial charge in [-0.2, -0.15) is 0 Å². The molecule has 10 radical (unpaired) electrons. The van der Waals surface area contributed by atoms with Crippen molar-refractivity contribution in [2.24, 2.45) is 0 Å². The van der Waals surface area contributed by atoms with Crippen molar-refractivity contribution in [2.75, 3.05) is 14.2 Å². The van der Waals surface area contributed by atoms with Crippen molar-refractivity contribution in [3.05, 3.63) is 105 Å². The molecule has 2 aromatic carbocycles. The summed E-state index contributed by atoms with van der Waals surface area (Å²) in [5.74, 6) is 12.3. The van der Waals surface area contributed by atoms with Gasteiger partial charge in [-0.1, -0.05) is 159 Å². The summed E-state index contributed by atoms with van der Waals surface area (Å²) in [4.78, 5) is 0. The number of hydrogen-bond donors (Lipinski definition) is 4. The minimum absolute atomic E-state index is 0. The molecular formula is C46H76O5Si2Ti2. The molecule has 2 aliphatic rings. The van der Waals surface area contributed by atoms with E-state index in [0.717, 1.165) is 25.3 Å². The van der Waals surface area contributed by atoms with Crippen molar-refractivity contribution in [1.29, 1.82) is 0 Å². The largest absolute Gasteiger partial charge is 0.508 e. The maximum Gasteiger partial charge on any atom is 0.118 e. The summed E-state index contributed by atoms with van der Waals surface area (Å²) in [5, 5.41) is 38.6. The fourth-order valence-corrected chi connectivity index (χ4v) is 15.9. The van der Waals surface area contributed by atoms with Crippen LogP contribution in [0.25, 0.3) is 0 Å². The molecule has 0 amide bonds. The number of hydrogen-bond acceptors (Lipinski definition) is 4. The van der Waals surface area contributed by atoms with E-state index >= 15 is 0 Å². The fraction of sp³-hybridized carbons (Fsp3) is 0.522. The Hall–Kier alpha value is -0.218. The molecule has 0 atom stereocenters. The molecule has 2 aliphatic carbocycles. The second-order valence-corrected chi connectivity index (χ2v) is 26.5. The quantitative estimate of drug-likeness (QED) is 0.230. The van der Waals surface area contributed by atoms with Gasteiger partial charge in [-0.15, -0.1) is 0 Å². The maximum atomic E-state index is 11.1. The summed E-state index contributed by atoms with van der Waals surface area (Å²) in [5.41, 5.74) is 7.49. The molecular weight excluding hydrogens is 784 g/mol. The van der Waals surface area contributed by atoms with Crippen LogP contribution < -0.4 is 10.4 Å². The van der Waals surface area contributed by atoms with Gasteiger partial charge in [0.05, 0.1) is 16.1 Å². The Morgan fingerprint density at radius 2 is 0.600 bits per heavy atom. The molecule has 2 aromatic rings. The van der Waals surface area contributed by atoms with Crippen LogP contribution in [0.1, 0.15) is 119 Å². The van der Waals surface area contributed by atoms with E-state index in [0.29, 0.717) is 11.5 Å². The number of phenols is 2. The third-order valence-corrected chi connectivity index (χ3v) is 19.1. The first-order chi connectivity index (χ1) is 23.6. The molecule has 0 aliphatic heterocycles. The van der Waals surface area contributed by atoms with E-state index in [4.69, 9.17) is 10.2 Å². The number of aliphatic hydroxyl groups is 2. The monoisotopic (exact) mass is 860 g/mol. The standard InChI is InChI=1S/2C22H33OSi.2CH4O.H2O.2Ti/c2*1-13-11-18(22(6,7)8)20(23)19(12-13)24(9,10)21-16(4)14(2)15(3)17(21)5;2*1-2;;;/h2*11-12,23H,1-10H3;2*2H,1H3;1H2;;. The number of aliphatic hydroxyl groups excluding tert-OH is 2. The molecule has 9 heteroatoms. The molecule has 55 heavy (non-hydrogen) atoms. The van der Waals surface area contributed by atoms with Gasteiger partial charge >= 0.3 is 0 Å². The van der Waals surface area contributed by atoms with E-state index in [1.54, 1.807) is 0 Å². The summed E-state index contributed by atoms with van der Waals surface area (Å²) in [7, 11) is -1.98. The van der Waals surface area contributed by atoms with E-state index in [-0.39, 0.29) is 59.7 Å². The average Bonchev–Trinajstić information content (AvgIpc) is 3.37. The Balaban J connectivity index is -0.000000858. The van der Waals surface area contributed by atoms with E-state index < -0.39 is 16.1 Å². The number of phenolic OH excluding ortho intramolecular Hbond substituents is 2. The van der Waals surface area contributed by atoms with Crippen LogP contribution in [-0.2, 0) is 54.3 Å². The van der Waals surface area contributed by atoms with Crippen molar-refractivity contribution < 1.29 is 69.3 Å². The molecule has 306 valence electrons. The van der Waals surface area contributed by atoms with Crippen LogP contribution in [0.3, 0.4) is 0 Å². The molecule has 2 fully saturated rings. The molecule has 0 aromatic heterocycles. The predicted molar refractivity (Wildman–Crippen MR) is 235 cm³/mol. The Bertz CT molecular complexity index is 1330. The Kier molecular flexibility index (Phi) is 24.1. The zero-order chi connectivity index (χ0) is 41.2. The SMILES string of the molecule is CO.CO.C[C]1[C](C)[C](C)[C]([Si](C)(C)c2cc(C)cc(C(C)(C)C)c2O)[C]1C.C[C]1[C](C)[C](C)[C]([Si](C)(C)c2cc(C)cc(C(C)(C)C)c2O)[C]1C.O.[Ti].[Ti]. The summed E-state index contributed by atoms with van der Waals surface area (Å²) in [6, 6.07) is 8.72. The molecule has 0 heterocycles. The van der Waals surface area contributed by atoms with Crippen molar-refractivity contribution in [3.8, 4) is 11.5 Å². The van der Waals surface area contributed by atoms with Gasteiger partial charge in [0.25, 0.3) is 0 Å². The van der Waals surface area contributed by atoms with Crippen LogP contribution in [0.5, 0.6) is 11.5 Å². The van der Waals surface area contributed by atoms with Gasteiger partial charge < -0.3 is 25.9 Å². The van der Waals surface area contributed by atoms with E-state index in [1.165, 1.54) is 79.9 Å². The first-order valence-electron chi connectivity index (χ1n) is 18.7. The second kappa shape index (κ2) is 22.4. The molecule has 5 nitrogen and oxygen atoms in total. The van der Waals surface area contributed by atoms with Gasteiger partial charge in [0, 0.05) is 57.7 Å². The Morgan fingerprint density at radius 1 is 0.400 bits per heavy atom. The summed E-state index contributed by atoms with van der Waals surface area (Å²) in [6.45, 7) is 44.7. The van der Waals surface area contributed by atoms with Gasteiger partial charge in [-0.3, -0.25) is 0 Å². The first kappa shape index (κ1) is 59.1. The van der Waals surface area contributed by atoms with Crippen LogP contribution in [0, 0.1) is 72.3 Å². The minimum atomic E-state index is -1.99. The summed E-state index contributed by atoms with van der Waals surface area (Å²) >= 11 is 0. The number of benzene rings is 2. The Labute approximate surface area is 371 Å². The van der Waals surface area contributed by atoms with Crippen molar-refractivity contribution in [1.82, 2.24) is 0 Å². The first-order valence-corrected chi connectivity index (χ1v) is 24.7. The van der Waals surface area contributed by atoms with Crippen molar-refractivity contribution >= 4 is 26.5 Å². The molecule has 0 saturated heterocycles. The molecule has 2 saturated carbocycles. The third kappa shape index (κ3) is 12.4. The minimum Gasteiger partial charge on any atom is -0.508 e. The van der Waals surface area contributed by atoms with Gasteiger partial charge in [-0.05, 0) is 105 Å². The molecule has 0 bridgehead atoms. The Morgan fingerprint density at radius 3 is 0.782 bits per heavy atom. The number of aromatic hydroxyl groups is 2. The van der Waals surface area contributed by atoms with Gasteiger partial charge in [0.2, 0.25) is 0 Å². The predicted octanol–water partition coefficient (Wildman–Crippen LogP) is 9.22. The molecule has 0 unspecified atom stereocenters. The zero-order valence-electron chi connectivity index (χ0n) is 38.6. The van der Waals surface area contributed by atoms with Gasteiger partial charge in [0.15, 0.2) is 0 Å². The summed E-state index contributed by atoms with van der Waals surface area (Å²) < 4.78 is 0. The van der Waals surface area contributed by atoms with Gasteiger partial charge in [0.1, 0.15) is 11.5 Å². The molecule has 6 N–H and O–H groups in total. The van der Waals surface area contributed by atoms with Crippen LogP contribution >= 0.6 is 0 Å². The summed E-state index contributed by atoms with van der Waals surface area (Å²) in [6.07, 6.45) is 0. The van der Waals surface area contributed by atoms with Gasteiger partial charge in [-0.25, -0.2) is 0 Å². The van der Waals surface area contributed by atoms with E-state index in [1.807, 2.05) is 0 Å². The number of aryl methyl sites for hydroxylation is 2. The topological polar surface area (TPSA) is 112 Å². The average molecular weight is 861 g/mol. The molecule has 4 rings (SSSR count). The normalized spacial score (nSPS) is 17.9. The van der Waals surface area contributed by atoms with Crippen molar-refractivity contribution in [2.45, 2.75) is 148 Å². The third-order valence-electron chi connectivity index (χ3n) is 11.6. The maximum absolute atomic E-state index is 11.1. The van der Waals surface area contributed by atoms with E-state index in [2.05, 4.69) is 161 Å². The van der Waals surface area contributed by atoms with E-state index in [9.17, 15) is 10.2 Å². The van der Waals surface area contributed by atoms with Crippen LogP contribution in [0.2, 0.25) is 26.2 Å². The van der Waals surface area contributed by atoms with Crippen LogP contribution in [0.15, 0.2) is 24.3 Å². The second-order valence-electron chi connectivity index (χ2n) is 17.9. The zero-order valence-corrected chi connectivity index (χ0v) is 43.7. The van der Waals surface area contributed by atoms with Crippen LogP contribution in [-0.4, -0.2) is 56.3 Å². The fourth-order valence-electron chi connectivity index (χ4n) is 8.24. The van der Waals surface area contributed by atoms with Crippen LogP contribution in [0.4, 0.5) is 0 Å². The molecule has 0 spiro atoms.